The summed E-state index contributed by atoms with van der Waals surface area (Å²) < 4.78 is 26.2. The standard InChI is InChI=1S/C26H23N3O2S/c1-29(32(2,30)31)26-23(19-18-20-12-6-3-7-13-20)24(21-14-8-4-9-15-21)27-25(28-26)22-16-10-5-11-17-22/h3-19H,1-2H3/b19-18+. The maximum atomic E-state index is 12.5. The third-order valence-electron chi connectivity index (χ3n) is 5.04. The maximum Gasteiger partial charge on any atom is 0.233 e. The van der Waals surface area contributed by atoms with Gasteiger partial charge in [-0.05, 0) is 11.6 Å². The van der Waals surface area contributed by atoms with Crippen molar-refractivity contribution in [1.82, 2.24) is 9.97 Å². The van der Waals surface area contributed by atoms with E-state index in [0.717, 1.165) is 16.7 Å². The molecular weight excluding hydrogens is 418 g/mol. The Kier molecular flexibility index (Phi) is 6.14. The molecule has 1 heterocycles. The largest absolute Gasteiger partial charge is 0.256 e. The second kappa shape index (κ2) is 9.16. The predicted molar refractivity (Wildman–Crippen MR) is 132 cm³/mol. The fourth-order valence-corrected chi connectivity index (χ4v) is 3.74. The molecule has 0 aliphatic carbocycles. The highest BCUT2D eigenvalue weighted by molar-refractivity contribution is 7.92. The van der Waals surface area contributed by atoms with Crippen LogP contribution in [-0.4, -0.2) is 31.7 Å². The van der Waals surface area contributed by atoms with E-state index < -0.39 is 10.0 Å². The molecule has 0 saturated heterocycles. The van der Waals surface area contributed by atoms with Crippen LogP contribution in [0.3, 0.4) is 0 Å². The van der Waals surface area contributed by atoms with Gasteiger partial charge in [-0.3, -0.25) is 4.31 Å². The van der Waals surface area contributed by atoms with Gasteiger partial charge in [-0.25, -0.2) is 18.4 Å². The Hall–Kier alpha value is -3.77. The van der Waals surface area contributed by atoms with Gasteiger partial charge in [-0.2, -0.15) is 0 Å². The molecule has 0 spiro atoms. The van der Waals surface area contributed by atoms with E-state index in [0.29, 0.717) is 22.9 Å². The van der Waals surface area contributed by atoms with Crippen LogP contribution < -0.4 is 4.31 Å². The summed E-state index contributed by atoms with van der Waals surface area (Å²) in [7, 11) is -2.04. The van der Waals surface area contributed by atoms with Crippen LogP contribution in [0.2, 0.25) is 0 Å². The van der Waals surface area contributed by atoms with Crippen molar-refractivity contribution in [3.8, 4) is 22.6 Å². The van der Waals surface area contributed by atoms with Crippen molar-refractivity contribution < 1.29 is 8.42 Å². The van der Waals surface area contributed by atoms with Gasteiger partial charge in [0, 0.05) is 23.7 Å². The first-order chi connectivity index (χ1) is 15.4. The lowest BCUT2D eigenvalue weighted by atomic mass is 10.0. The Morgan fingerprint density at radius 2 is 1.25 bits per heavy atom. The van der Waals surface area contributed by atoms with Gasteiger partial charge in [0.05, 0.1) is 11.9 Å². The molecule has 0 saturated carbocycles. The Labute approximate surface area is 188 Å². The molecule has 160 valence electrons. The van der Waals surface area contributed by atoms with E-state index in [9.17, 15) is 8.42 Å². The summed E-state index contributed by atoms with van der Waals surface area (Å²) in [4.78, 5) is 9.56. The highest BCUT2D eigenvalue weighted by Crippen LogP contribution is 2.33. The van der Waals surface area contributed by atoms with E-state index >= 15 is 0 Å². The van der Waals surface area contributed by atoms with Crippen LogP contribution in [0.25, 0.3) is 34.8 Å². The molecule has 32 heavy (non-hydrogen) atoms. The number of aromatic nitrogens is 2. The number of hydrogen-bond acceptors (Lipinski definition) is 4. The lowest BCUT2D eigenvalue weighted by Gasteiger charge is -2.21. The molecular formula is C26H23N3O2S. The van der Waals surface area contributed by atoms with Crippen molar-refractivity contribution in [1.29, 1.82) is 0 Å². The predicted octanol–water partition coefficient (Wildman–Crippen LogP) is 5.38. The summed E-state index contributed by atoms with van der Waals surface area (Å²) in [6.07, 6.45) is 4.99. The van der Waals surface area contributed by atoms with Gasteiger partial charge in [0.1, 0.15) is 0 Å². The molecule has 0 amide bonds. The molecule has 0 aliphatic rings. The van der Waals surface area contributed by atoms with Crippen molar-refractivity contribution >= 4 is 28.0 Å². The summed E-state index contributed by atoms with van der Waals surface area (Å²) >= 11 is 0. The van der Waals surface area contributed by atoms with Gasteiger partial charge in [-0.15, -0.1) is 0 Å². The smallest absolute Gasteiger partial charge is 0.233 e. The summed E-state index contributed by atoms with van der Waals surface area (Å²) in [6.45, 7) is 0. The van der Waals surface area contributed by atoms with Gasteiger partial charge in [-0.1, -0.05) is 97.1 Å². The van der Waals surface area contributed by atoms with E-state index in [1.807, 2.05) is 103 Å². The van der Waals surface area contributed by atoms with Crippen molar-refractivity contribution in [3.05, 3.63) is 102 Å². The zero-order valence-electron chi connectivity index (χ0n) is 17.9. The zero-order valence-corrected chi connectivity index (χ0v) is 18.7. The van der Waals surface area contributed by atoms with Crippen molar-refractivity contribution in [2.45, 2.75) is 0 Å². The molecule has 6 heteroatoms. The van der Waals surface area contributed by atoms with Crippen LogP contribution in [-0.2, 0) is 10.0 Å². The SMILES string of the molecule is CN(c1nc(-c2ccccc2)nc(-c2ccccc2)c1/C=C/c1ccccc1)S(C)(=O)=O. The molecule has 3 aromatic carbocycles. The minimum atomic E-state index is -3.55. The van der Waals surface area contributed by atoms with E-state index in [-0.39, 0.29) is 0 Å². The number of nitrogens with zero attached hydrogens (tertiary/aromatic N) is 3. The van der Waals surface area contributed by atoms with Crippen molar-refractivity contribution in [3.63, 3.8) is 0 Å². The molecule has 0 radical (unpaired) electrons. The van der Waals surface area contributed by atoms with Crippen molar-refractivity contribution in [2.24, 2.45) is 0 Å². The molecule has 0 fully saturated rings. The summed E-state index contributed by atoms with van der Waals surface area (Å²) in [5, 5.41) is 0. The molecule has 0 unspecified atom stereocenters. The van der Waals surface area contributed by atoms with Crippen LogP contribution in [0.5, 0.6) is 0 Å². The summed E-state index contributed by atoms with van der Waals surface area (Å²) in [6, 6.07) is 29.1. The minimum Gasteiger partial charge on any atom is -0.256 e. The van der Waals surface area contributed by atoms with Crippen LogP contribution >= 0.6 is 0 Å². The fourth-order valence-electron chi connectivity index (χ4n) is 3.28. The first-order valence-electron chi connectivity index (χ1n) is 10.1. The molecule has 0 bridgehead atoms. The number of rotatable bonds is 6. The second-order valence-corrected chi connectivity index (χ2v) is 9.35. The third-order valence-corrected chi connectivity index (χ3v) is 6.21. The Balaban J connectivity index is 2.01. The lowest BCUT2D eigenvalue weighted by molar-refractivity contribution is 0.600. The number of benzene rings is 3. The van der Waals surface area contributed by atoms with Gasteiger partial charge >= 0.3 is 0 Å². The van der Waals surface area contributed by atoms with E-state index in [1.165, 1.54) is 17.6 Å². The highest BCUT2D eigenvalue weighted by Gasteiger charge is 2.22. The lowest BCUT2D eigenvalue weighted by Crippen LogP contribution is -2.27. The molecule has 0 atom stereocenters. The Bertz CT molecular complexity index is 1340. The fraction of sp³-hybridized carbons (Fsp3) is 0.0769. The molecule has 0 aliphatic heterocycles. The van der Waals surface area contributed by atoms with Crippen molar-refractivity contribution in [2.75, 3.05) is 17.6 Å². The van der Waals surface area contributed by atoms with Gasteiger partial charge in [0.2, 0.25) is 10.0 Å². The maximum absolute atomic E-state index is 12.5. The Morgan fingerprint density at radius 1 is 0.719 bits per heavy atom. The van der Waals surface area contributed by atoms with E-state index in [1.54, 1.807) is 0 Å². The zero-order chi connectivity index (χ0) is 22.6. The second-order valence-electron chi connectivity index (χ2n) is 7.34. The molecule has 1 aromatic heterocycles. The Morgan fingerprint density at radius 3 is 1.81 bits per heavy atom. The first-order valence-corrected chi connectivity index (χ1v) is 12.0. The van der Waals surface area contributed by atoms with Gasteiger partial charge in [0.15, 0.2) is 11.6 Å². The van der Waals surface area contributed by atoms with Crippen LogP contribution in [0.1, 0.15) is 11.1 Å². The van der Waals surface area contributed by atoms with Gasteiger partial charge < -0.3 is 0 Å². The molecule has 5 nitrogen and oxygen atoms in total. The number of anilines is 1. The van der Waals surface area contributed by atoms with Crippen LogP contribution in [0.4, 0.5) is 5.82 Å². The molecule has 4 aromatic rings. The highest BCUT2D eigenvalue weighted by atomic mass is 32.2. The average Bonchev–Trinajstić information content (AvgIpc) is 2.83. The van der Waals surface area contributed by atoms with E-state index in [4.69, 9.17) is 9.97 Å². The monoisotopic (exact) mass is 441 g/mol. The quantitative estimate of drug-likeness (QED) is 0.403. The topological polar surface area (TPSA) is 63.2 Å². The van der Waals surface area contributed by atoms with Crippen LogP contribution in [0.15, 0.2) is 91.0 Å². The normalized spacial score (nSPS) is 11.6. The number of hydrogen-bond donors (Lipinski definition) is 0. The van der Waals surface area contributed by atoms with E-state index in [2.05, 4.69) is 0 Å². The summed E-state index contributed by atoms with van der Waals surface area (Å²) in [5.74, 6) is 0.791. The van der Waals surface area contributed by atoms with Crippen LogP contribution in [0, 0.1) is 0 Å². The minimum absolute atomic E-state index is 0.326. The first kappa shape index (κ1) is 21.5. The van der Waals surface area contributed by atoms with Gasteiger partial charge in [0.25, 0.3) is 0 Å². The molecule has 4 rings (SSSR count). The summed E-state index contributed by atoms with van der Waals surface area (Å²) in [5.41, 5.74) is 3.98. The third kappa shape index (κ3) is 4.76. The number of sulfonamides is 1. The molecule has 0 N–H and O–H groups in total. The average molecular weight is 442 g/mol.